The summed E-state index contributed by atoms with van der Waals surface area (Å²) in [5, 5.41) is 2.94. The van der Waals surface area contributed by atoms with Crippen molar-refractivity contribution in [3.8, 4) is 11.5 Å². The molecule has 3 N–H and O–H groups in total. The second-order valence-electron chi connectivity index (χ2n) is 7.35. The van der Waals surface area contributed by atoms with Crippen molar-refractivity contribution in [3.63, 3.8) is 0 Å². The van der Waals surface area contributed by atoms with E-state index in [-0.39, 0.29) is 36.2 Å². The molecular formula is C19H24N4O5. The van der Waals surface area contributed by atoms with Gasteiger partial charge in [-0.2, -0.15) is 0 Å². The first-order chi connectivity index (χ1) is 13.5. The minimum absolute atomic E-state index is 0.0468. The van der Waals surface area contributed by atoms with Crippen LogP contribution in [0.5, 0.6) is 11.5 Å². The molecule has 150 valence electrons. The highest BCUT2D eigenvalue weighted by Gasteiger charge is 2.34. The standard InChI is InChI=1S/C19H24N4O5/c20-18(25)12-3-5-22(6-4-12)19(26)21-13-9-17(24)23(11-13)14-1-2-15-16(10-14)28-8-7-27-15/h1-2,10,12-13H,3-9,11H2,(H2,20,25)(H,21,26)/t13-/m1/s1. The molecule has 0 spiro atoms. The van der Waals surface area contributed by atoms with Gasteiger partial charge in [0, 0.05) is 43.7 Å². The van der Waals surface area contributed by atoms with Crippen LogP contribution in [0.25, 0.3) is 0 Å². The molecule has 3 aliphatic heterocycles. The van der Waals surface area contributed by atoms with Crippen LogP contribution in [-0.2, 0) is 9.59 Å². The molecule has 4 amide bonds. The van der Waals surface area contributed by atoms with E-state index in [0.717, 1.165) is 5.69 Å². The molecule has 2 saturated heterocycles. The lowest BCUT2D eigenvalue weighted by molar-refractivity contribution is -0.123. The van der Waals surface area contributed by atoms with Crippen LogP contribution in [0.15, 0.2) is 18.2 Å². The van der Waals surface area contributed by atoms with Crippen LogP contribution < -0.4 is 25.4 Å². The van der Waals surface area contributed by atoms with Crippen LogP contribution in [0.2, 0.25) is 0 Å². The number of hydrogen-bond donors (Lipinski definition) is 2. The van der Waals surface area contributed by atoms with Crippen molar-refractivity contribution in [3.05, 3.63) is 18.2 Å². The first-order valence-corrected chi connectivity index (χ1v) is 9.56. The van der Waals surface area contributed by atoms with Crippen LogP contribution in [0.4, 0.5) is 10.5 Å². The zero-order valence-electron chi connectivity index (χ0n) is 15.6. The molecule has 0 bridgehead atoms. The third-order valence-electron chi connectivity index (χ3n) is 5.47. The molecule has 0 aliphatic carbocycles. The summed E-state index contributed by atoms with van der Waals surface area (Å²) in [4.78, 5) is 39.6. The summed E-state index contributed by atoms with van der Waals surface area (Å²) < 4.78 is 11.1. The lowest BCUT2D eigenvalue weighted by Crippen LogP contribution is -2.49. The number of rotatable bonds is 3. The number of nitrogens with two attached hydrogens (primary N) is 1. The Hall–Kier alpha value is -2.97. The number of hydrogen-bond acceptors (Lipinski definition) is 5. The number of amides is 4. The summed E-state index contributed by atoms with van der Waals surface area (Å²) in [5.41, 5.74) is 6.06. The van der Waals surface area contributed by atoms with Crippen molar-refractivity contribution >= 4 is 23.5 Å². The normalized spacial score (nSPS) is 22.3. The summed E-state index contributed by atoms with van der Waals surface area (Å²) >= 11 is 0. The van der Waals surface area contributed by atoms with Gasteiger partial charge in [-0.1, -0.05) is 0 Å². The number of nitrogens with zero attached hydrogens (tertiary/aromatic N) is 2. The Morgan fingerprint density at radius 3 is 2.54 bits per heavy atom. The van der Waals surface area contributed by atoms with E-state index in [1.54, 1.807) is 21.9 Å². The Morgan fingerprint density at radius 2 is 1.82 bits per heavy atom. The van der Waals surface area contributed by atoms with Gasteiger partial charge >= 0.3 is 6.03 Å². The number of anilines is 1. The number of fused-ring (bicyclic) bond motifs is 1. The van der Waals surface area contributed by atoms with Crippen molar-refractivity contribution in [2.45, 2.75) is 25.3 Å². The number of primary amides is 1. The quantitative estimate of drug-likeness (QED) is 0.781. The van der Waals surface area contributed by atoms with E-state index in [4.69, 9.17) is 15.2 Å². The molecule has 3 aliphatic rings. The smallest absolute Gasteiger partial charge is 0.317 e. The molecule has 1 aromatic carbocycles. The van der Waals surface area contributed by atoms with Crippen LogP contribution >= 0.6 is 0 Å². The molecule has 9 heteroatoms. The fraction of sp³-hybridized carbons (Fsp3) is 0.526. The highest BCUT2D eigenvalue weighted by molar-refractivity contribution is 5.97. The minimum Gasteiger partial charge on any atom is -0.486 e. The van der Waals surface area contributed by atoms with Crippen molar-refractivity contribution in [1.29, 1.82) is 0 Å². The number of carbonyl (C=O) groups is 3. The monoisotopic (exact) mass is 388 g/mol. The molecule has 28 heavy (non-hydrogen) atoms. The maximum Gasteiger partial charge on any atom is 0.317 e. The third kappa shape index (κ3) is 3.69. The number of likely N-dealkylation sites (tertiary alicyclic amines) is 1. The molecule has 0 aromatic heterocycles. The van der Waals surface area contributed by atoms with Crippen LogP contribution in [-0.4, -0.2) is 61.6 Å². The minimum atomic E-state index is -0.309. The van der Waals surface area contributed by atoms with E-state index >= 15 is 0 Å². The Kier molecular flexibility index (Phi) is 4.97. The first kappa shape index (κ1) is 18.4. The van der Waals surface area contributed by atoms with Crippen molar-refractivity contribution in [1.82, 2.24) is 10.2 Å². The lowest BCUT2D eigenvalue weighted by atomic mass is 9.96. The van der Waals surface area contributed by atoms with Gasteiger partial charge < -0.3 is 30.3 Å². The van der Waals surface area contributed by atoms with E-state index in [9.17, 15) is 14.4 Å². The van der Waals surface area contributed by atoms with Crippen LogP contribution in [0.1, 0.15) is 19.3 Å². The highest BCUT2D eigenvalue weighted by Crippen LogP contribution is 2.35. The molecule has 9 nitrogen and oxygen atoms in total. The Bertz CT molecular complexity index is 791. The molecule has 4 rings (SSSR count). The fourth-order valence-electron chi connectivity index (χ4n) is 3.89. The second-order valence-corrected chi connectivity index (χ2v) is 7.35. The number of benzene rings is 1. The summed E-state index contributed by atoms with van der Waals surface area (Å²) in [6.45, 7) is 2.38. The molecular weight excluding hydrogens is 364 g/mol. The second kappa shape index (κ2) is 7.57. The zero-order valence-corrected chi connectivity index (χ0v) is 15.6. The van der Waals surface area contributed by atoms with Gasteiger partial charge in [0.15, 0.2) is 11.5 Å². The predicted octanol–water partition coefficient (Wildman–Crippen LogP) is 0.470. The summed E-state index contributed by atoms with van der Waals surface area (Å²) in [6, 6.07) is 4.95. The molecule has 0 radical (unpaired) electrons. The van der Waals surface area contributed by atoms with E-state index in [1.165, 1.54) is 0 Å². The lowest BCUT2D eigenvalue weighted by Gasteiger charge is -2.31. The van der Waals surface area contributed by atoms with Crippen molar-refractivity contribution in [2.24, 2.45) is 11.7 Å². The SMILES string of the molecule is NC(=O)C1CCN(C(=O)N[C@@H]2CC(=O)N(c3ccc4c(c3)OCCO4)C2)CC1. The number of piperidine rings is 1. The molecule has 0 saturated carbocycles. The number of ether oxygens (including phenoxy) is 2. The number of nitrogens with one attached hydrogen (secondary N) is 1. The average molecular weight is 388 g/mol. The van der Waals surface area contributed by atoms with Gasteiger partial charge in [-0.05, 0) is 25.0 Å². The molecule has 2 fully saturated rings. The molecule has 3 heterocycles. The largest absolute Gasteiger partial charge is 0.486 e. The van der Waals surface area contributed by atoms with Crippen LogP contribution in [0.3, 0.4) is 0 Å². The van der Waals surface area contributed by atoms with E-state index in [1.807, 2.05) is 6.07 Å². The van der Waals surface area contributed by atoms with E-state index in [0.29, 0.717) is 57.2 Å². The van der Waals surface area contributed by atoms with Gasteiger partial charge in [0.25, 0.3) is 0 Å². The third-order valence-corrected chi connectivity index (χ3v) is 5.47. The zero-order chi connectivity index (χ0) is 19.7. The Balaban J connectivity index is 1.35. The van der Waals surface area contributed by atoms with Gasteiger partial charge in [-0.15, -0.1) is 0 Å². The van der Waals surface area contributed by atoms with Gasteiger partial charge in [0.1, 0.15) is 13.2 Å². The fourth-order valence-corrected chi connectivity index (χ4v) is 3.89. The molecule has 1 aromatic rings. The number of urea groups is 1. The Labute approximate surface area is 162 Å². The van der Waals surface area contributed by atoms with E-state index in [2.05, 4.69) is 5.32 Å². The van der Waals surface area contributed by atoms with Gasteiger partial charge in [0.05, 0.1) is 6.04 Å². The maximum absolute atomic E-state index is 12.5. The van der Waals surface area contributed by atoms with Crippen molar-refractivity contribution < 1.29 is 23.9 Å². The maximum atomic E-state index is 12.5. The number of carbonyl (C=O) groups excluding carboxylic acids is 3. The summed E-state index contributed by atoms with van der Waals surface area (Å²) in [6.07, 6.45) is 1.41. The van der Waals surface area contributed by atoms with E-state index < -0.39 is 0 Å². The van der Waals surface area contributed by atoms with Crippen molar-refractivity contribution in [2.75, 3.05) is 37.7 Å². The van der Waals surface area contributed by atoms with Gasteiger partial charge in [-0.25, -0.2) is 4.79 Å². The first-order valence-electron chi connectivity index (χ1n) is 9.56. The highest BCUT2D eigenvalue weighted by atomic mass is 16.6. The summed E-state index contributed by atoms with van der Waals surface area (Å²) in [7, 11) is 0. The average Bonchev–Trinajstić information content (AvgIpc) is 3.07. The molecule has 0 unspecified atom stereocenters. The predicted molar refractivity (Wildman–Crippen MR) is 100 cm³/mol. The molecule has 1 atom stereocenters. The van der Waals surface area contributed by atoms with Gasteiger partial charge in [-0.3, -0.25) is 9.59 Å². The summed E-state index contributed by atoms with van der Waals surface area (Å²) in [5.74, 6) is 0.779. The van der Waals surface area contributed by atoms with Gasteiger partial charge in [0.2, 0.25) is 11.8 Å². The Morgan fingerprint density at radius 1 is 1.11 bits per heavy atom. The topological polar surface area (TPSA) is 114 Å². The van der Waals surface area contributed by atoms with Crippen LogP contribution in [0, 0.1) is 5.92 Å².